The molecule has 1 aromatic carbocycles. The number of methoxy groups -OCH3 is 1. The van der Waals surface area contributed by atoms with E-state index in [1.165, 1.54) is 11.3 Å². The van der Waals surface area contributed by atoms with E-state index < -0.39 is 43.1 Å². The molecule has 0 amide bonds. The number of thiazole rings is 1. The molecule has 0 spiro atoms. The highest BCUT2D eigenvalue weighted by Crippen LogP contribution is 2.38. The van der Waals surface area contributed by atoms with Gasteiger partial charge in [-0.15, -0.1) is 11.3 Å². The molecule has 34 heavy (non-hydrogen) atoms. The molecule has 1 fully saturated rings. The Hall–Kier alpha value is -2.90. The number of carboxylic acids is 1. The Morgan fingerprint density at radius 3 is 2.79 bits per heavy atom. The Balaban J connectivity index is 1.81. The summed E-state index contributed by atoms with van der Waals surface area (Å²) in [5.41, 5.74) is 0.839. The van der Waals surface area contributed by atoms with Gasteiger partial charge in [-0.2, -0.15) is 0 Å². The average molecular weight is 557 g/mol. The molecule has 0 bridgehead atoms. The van der Waals surface area contributed by atoms with Crippen LogP contribution in [-0.2, 0) is 14.3 Å². The van der Waals surface area contributed by atoms with Crippen molar-refractivity contribution in [2.45, 2.75) is 24.4 Å². The molecule has 2 aliphatic heterocycles. The number of alkyl halides is 2. The van der Waals surface area contributed by atoms with Crippen LogP contribution in [-0.4, -0.2) is 65.1 Å². The summed E-state index contributed by atoms with van der Waals surface area (Å²) in [6.45, 7) is -1.02. The second-order valence-corrected chi connectivity index (χ2v) is 9.33. The van der Waals surface area contributed by atoms with Crippen LogP contribution >= 0.6 is 27.3 Å². The number of amidine groups is 1. The lowest BCUT2D eigenvalue weighted by Gasteiger charge is -2.30. The van der Waals surface area contributed by atoms with Gasteiger partial charge in [-0.1, -0.05) is 34.1 Å². The lowest BCUT2D eigenvalue weighted by atomic mass is 10.0. The van der Waals surface area contributed by atoms with Gasteiger partial charge in [0.25, 0.3) is 5.92 Å². The maximum absolute atomic E-state index is 14.1. The Kier molecular flexibility index (Phi) is 6.96. The van der Waals surface area contributed by atoms with Gasteiger partial charge in [0.15, 0.2) is 16.6 Å². The van der Waals surface area contributed by atoms with E-state index in [1.54, 1.807) is 35.8 Å². The minimum Gasteiger partial charge on any atom is -0.480 e. The van der Waals surface area contributed by atoms with Crippen molar-refractivity contribution < 1.29 is 33.0 Å². The lowest BCUT2D eigenvalue weighted by molar-refractivity contribution is -0.142. The van der Waals surface area contributed by atoms with Gasteiger partial charge in [0, 0.05) is 29.0 Å². The van der Waals surface area contributed by atoms with E-state index in [1.807, 2.05) is 0 Å². The monoisotopic (exact) mass is 556 g/mol. The van der Waals surface area contributed by atoms with Crippen LogP contribution in [0.1, 0.15) is 23.0 Å². The molecule has 13 heteroatoms. The van der Waals surface area contributed by atoms with Crippen LogP contribution in [0.2, 0.25) is 0 Å². The van der Waals surface area contributed by atoms with Crippen molar-refractivity contribution in [2.24, 2.45) is 4.99 Å². The zero-order valence-electron chi connectivity index (χ0n) is 17.7. The zero-order valence-corrected chi connectivity index (χ0v) is 20.1. The molecule has 2 aromatic rings. The quantitative estimate of drug-likeness (QED) is 0.517. The predicted octanol–water partition coefficient (Wildman–Crippen LogP) is 3.79. The first-order valence-electron chi connectivity index (χ1n) is 10.0. The van der Waals surface area contributed by atoms with E-state index in [-0.39, 0.29) is 18.0 Å². The van der Waals surface area contributed by atoms with Crippen LogP contribution < -0.4 is 5.32 Å². The topological polar surface area (TPSA) is 113 Å². The molecule has 4 rings (SSSR count). The summed E-state index contributed by atoms with van der Waals surface area (Å²) in [5, 5.41) is 14.8. The molecule has 0 unspecified atom stereocenters. The number of aliphatic imine (C=N–C) groups is 1. The first kappa shape index (κ1) is 24.2. The molecule has 1 aromatic heterocycles. The smallest absolute Gasteiger partial charge is 0.480 e. The van der Waals surface area contributed by atoms with Crippen molar-refractivity contribution in [1.82, 2.24) is 15.2 Å². The van der Waals surface area contributed by atoms with Crippen molar-refractivity contribution >= 4 is 45.2 Å². The highest BCUT2D eigenvalue weighted by atomic mass is 79.9. The number of carbonyl (C=O) groups is 2. The minimum atomic E-state index is -3.17. The Labute approximate surface area is 205 Å². The SMILES string of the molecule is COC(=O)OC1=C(CN2CC(F)(F)C[C@H]2C(=O)O)NC(c2nccs2)=N[C@@H]1c1ccccc1Br. The molecular weight excluding hydrogens is 538 g/mol. The fourth-order valence-electron chi connectivity index (χ4n) is 3.81. The number of carboxylic acid groups (broad SMARTS) is 1. The van der Waals surface area contributed by atoms with Crippen LogP contribution in [0.3, 0.4) is 0 Å². The average Bonchev–Trinajstić information content (AvgIpc) is 3.43. The minimum absolute atomic E-state index is 0.0124. The summed E-state index contributed by atoms with van der Waals surface area (Å²) >= 11 is 4.78. The van der Waals surface area contributed by atoms with Crippen molar-refractivity contribution in [1.29, 1.82) is 0 Å². The Morgan fingerprint density at radius 2 is 2.15 bits per heavy atom. The number of aliphatic carboxylic acids is 1. The predicted molar refractivity (Wildman–Crippen MR) is 122 cm³/mol. The number of aromatic nitrogens is 1. The molecule has 0 radical (unpaired) electrons. The van der Waals surface area contributed by atoms with Crippen molar-refractivity contribution in [3.8, 4) is 0 Å². The fourth-order valence-corrected chi connectivity index (χ4v) is 4.90. The van der Waals surface area contributed by atoms with E-state index in [0.717, 1.165) is 12.0 Å². The Bertz CT molecular complexity index is 1160. The van der Waals surface area contributed by atoms with Crippen LogP contribution in [0, 0.1) is 0 Å². The van der Waals surface area contributed by atoms with E-state index in [0.29, 0.717) is 20.9 Å². The number of hydrogen-bond acceptors (Lipinski definition) is 9. The number of halogens is 3. The maximum atomic E-state index is 14.1. The van der Waals surface area contributed by atoms with E-state index in [2.05, 4.69) is 36.0 Å². The Morgan fingerprint density at radius 1 is 1.38 bits per heavy atom. The van der Waals surface area contributed by atoms with E-state index in [4.69, 9.17) is 4.74 Å². The molecular formula is C21H19BrF2N4O5S. The van der Waals surface area contributed by atoms with Crippen LogP contribution in [0.5, 0.6) is 0 Å². The first-order chi connectivity index (χ1) is 16.2. The largest absolute Gasteiger partial charge is 0.513 e. The summed E-state index contributed by atoms with van der Waals surface area (Å²) in [6, 6.07) is 4.86. The van der Waals surface area contributed by atoms with Gasteiger partial charge in [-0.05, 0) is 11.6 Å². The van der Waals surface area contributed by atoms with Crippen LogP contribution in [0.25, 0.3) is 0 Å². The van der Waals surface area contributed by atoms with Gasteiger partial charge < -0.3 is 19.9 Å². The molecule has 2 N–H and O–H groups in total. The van der Waals surface area contributed by atoms with Crippen LogP contribution in [0.4, 0.5) is 13.6 Å². The number of rotatable bonds is 6. The fraction of sp³-hybridized carbons (Fsp3) is 0.333. The number of nitrogens with zero attached hydrogens (tertiary/aromatic N) is 3. The van der Waals surface area contributed by atoms with E-state index >= 15 is 0 Å². The second-order valence-electron chi connectivity index (χ2n) is 7.58. The second kappa shape index (κ2) is 9.76. The van der Waals surface area contributed by atoms with Gasteiger partial charge >= 0.3 is 12.1 Å². The summed E-state index contributed by atoms with van der Waals surface area (Å²) in [5.74, 6) is -4.19. The molecule has 0 saturated carbocycles. The van der Waals surface area contributed by atoms with Crippen LogP contribution in [0.15, 0.2) is 56.8 Å². The number of ether oxygens (including phenoxy) is 2. The number of hydrogen-bond donors (Lipinski definition) is 2. The molecule has 3 heterocycles. The van der Waals surface area contributed by atoms with Gasteiger partial charge in [0.1, 0.15) is 12.1 Å². The molecule has 2 aliphatic rings. The molecule has 2 atom stereocenters. The van der Waals surface area contributed by atoms with Gasteiger partial charge in [0.05, 0.1) is 19.4 Å². The van der Waals surface area contributed by atoms with Crippen molar-refractivity contribution in [3.63, 3.8) is 0 Å². The third-order valence-corrected chi connectivity index (χ3v) is 6.78. The summed E-state index contributed by atoms with van der Waals surface area (Å²) < 4.78 is 39.0. The number of likely N-dealkylation sites (tertiary alicyclic amines) is 1. The first-order valence-corrected chi connectivity index (χ1v) is 11.7. The van der Waals surface area contributed by atoms with Crippen molar-refractivity contribution in [2.75, 3.05) is 20.2 Å². The molecule has 1 saturated heterocycles. The molecule has 180 valence electrons. The van der Waals surface area contributed by atoms with Crippen molar-refractivity contribution in [3.05, 3.63) is 62.3 Å². The third-order valence-electron chi connectivity index (χ3n) is 5.28. The number of nitrogens with one attached hydrogen (secondary N) is 1. The normalized spacial score (nSPS) is 22.2. The maximum Gasteiger partial charge on any atom is 0.513 e. The highest BCUT2D eigenvalue weighted by molar-refractivity contribution is 9.10. The molecule has 0 aliphatic carbocycles. The summed E-state index contributed by atoms with van der Waals surface area (Å²) in [4.78, 5) is 33.8. The van der Waals surface area contributed by atoms with Gasteiger partial charge in [0.2, 0.25) is 0 Å². The number of benzene rings is 1. The summed E-state index contributed by atoms with van der Waals surface area (Å²) in [6.07, 6.45) is -0.256. The van der Waals surface area contributed by atoms with Gasteiger partial charge in [-0.25, -0.2) is 23.6 Å². The standard InChI is InChI=1S/C21H19BrF2N4O5S/c1-32-20(31)33-16-13(9-28-10-21(23,24)8-14(28)19(29)30)26-17(18-25-6-7-34-18)27-15(16)11-4-2-3-5-12(11)22/h2-7,14-15H,8-10H2,1H3,(H,26,27)(H,29,30)/t14-,15+/m0/s1. The zero-order chi connectivity index (χ0) is 24.5. The van der Waals surface area contributed by atoms with Gasteiger partial charge in [-0.3, -0.25) is 9.69 Å². The van der Waals surface area contributed by atoms with E-state index in [9.17, 15) is 23.5 Å². The third kappa shape index (κ3) is 5.10. The number of carbonyl (C=O) groups excluding carboxylic acids is 1. The summed E-state index contributed by atoms with van der Waals surface area (Å²) in [7, 11) is 1.14. The highest BCUT2D eigenvalue weighted by Gasteiger charge is 2.49. The lowest BCUT2D eigenvalue weighted by Crippen LogP contribution is -2.43. The molecule has 9 nitrogen and oxygen atoms in total.